The number of nitrogens with zero attached hydrogens (tertiary/aromatic N) is 1. The lowest BCUT2D eigenvalue weighted by Gasteiger charge is -2.22. The van der Waals surface area contributed by atoms with Gasteiger partial charge in [-0.05, 0) is 37.5 Å². The van der Waals surface area contributed by atoms with Crippen LogP contribution in [-0.4, -0.2) is 23.4 Å². The highest BCUT2D eigenvalue weighted by atomic mass is 19.1. The zero-order chi connectivity index (χ0) is 12.4. The first-order valence-electron chi connectivity index (χ1n) is 5.99. The van der Waals surface area contributed by atoms with Crippen LogP contribution in [0.2, 0.25) is 0 Å². The minimum atomic E-state index is -0.494. The molecule has 92 valence electrons. The third-order valence-corrected chi connectivity index (χ3v) is 2.93. The van der Waals surface area contributed by atoms with Crippen LogP contribution < -0.4 is 5.73 Å². The van der Waals surface area contributed by atoms with Crippen molar-refractivity contribution in [1.29, 1.82) is 0 Å². The smallest absolute Gasteiger partial charge is 0.257 e. The van der Waals surface area contributed by atoms with E-state index in [1.165, 1.54) is 18.2 Å². The van der Waals surface area contributed by atoms with Gasteiger partial charge in [0.2, 0.25) is 0 Å². The number of halogens is 1. The number of nitrogen functional groups attached to an aromatic ring is 1. The van der Waals surface area contributed by atoms with E-state index in [0.29, 0.717) is 18.3 Å². The van der Waals surface area contributed by atoms with E-state index in [2.05, 4.69) is 0 Å². The van der Waals surface area contributed by atoms with Crippen LogP contribution in [0.4, 0.5) is 10.1 Å². The molecular weight excluding hydrogens is 219 g/mol. The Hall–Kier alpha value is -1.58. The van der Waals surface area contributed by atoms with Gasteiger partial charge in [0.05, 0.1) is 5.56 Å². The van der Waals surface area contributed by atoms with Gasteiger partial charge in [-0.1, -0.05) is 6.92 Å². The number of rotatable bonds is 4. The number of benzene rings is 1. The van der Waals surface area contributed by atoms with E-state index in [0.717, 1.165) is 19.3 Å². The number of hydrogen-bond acceptors (Lipinski definition) is 2. The second-order valence-electron chi connectivity index (χ2n) is 4.47. The first-order chi connectivity index (χ1) is 8.13. The van der Waals surface area contributed by atoms with E-state index in [1.807, 2.05) is 6.92 Å². The average Bonchev–Trinajstić information content (AvgIpc) is 3.12. The third-order valence-electron chi connectivity index (χ3n) is 2.93. The Morgan fingerprint density at radius 1 is 1.53 bits per heavy atom. The summed E-state index contributed by atoms with van der Waals surface area (Å²) in [4.78, 5) is 14.0. The van der Waals surface area contributed by atoms with Crippen LogP contribution in [0.25, 0.3) is 0 Å². The highest BCUT2D eigenvalue weighted by Crippen LogP contribution is 2.29. The maximum absolute atomic E-state index is 13.6. The summed E-state index contributed by atoms with van der Waals surface area (Å²) in [5, 5.41) is 0. The van der Waals surface area contributed by atoms with Crippen LogP contribution in [0.15, 0.2) is 18.2 Å². The van der Waals surface area contributed by atoms with E-state index in [1.54, 1.807) is 4.90 Å². The fourth-order valence-electron chi connectivity index (χ4n) is 1.94. The van der Waals surface area contributed by atoms with Crippen molar-refractivity contribution in [1.82, 2.24) is 4.90 Å². The molecule has 0 spiro atoms. The van der Waals surface area contributed by atoms with Gasteiger partial charge >= 0.3 is 0 Å². The summed E-state index contributed by atoms with van der Waals surface area (Å²) in [7, 11) is 0. The van der Waals surface area contributed by atoms with Crippen LogP contribution >= 0.6 is 0 Å². The molecule has 0 unspecified atom stereocenters. The van der Waals surface area contributed by atoms with Gasteiger partial charge in [0.15, 0.2) is 0 Å². The summed E-state index contributed by atoms with van der Waals surface area (Å²) in [5.41, 5.74) is 6.10. The molecule has 1 aliphatic rings. The monoisotopic (exact) mass is 236 g/mol. The zero-order valence-corrected chi connectivity index (χ0v) is 9.95. The molecule has 0 saturated heterocycles. The Balaban J connectivity index is 2.24. The summed E-state index contributed by atoms with van der Waals surface area (Å²) < 4.78 is 13.6. The van der Waals surface area contributed by atoms with Gasteiger partial charge < -0.3 is 10.6 Å². The number of anilines is 1. The van der Waals surface area contributed by atoms with E-state index >= 15 is 0 Å². The summed E-state index contributed by atoms with van der Waals surface area (Å²) >= 11 is 0. The van der Waals surface area contributed by atoms with Gasteiger partial charge in [-0.25, -0.2) is 4.39 Å². The Kier molecular flexibility index (Phi) is 3.31. The van der Waals surface area contributed by atoms with Crippen molar-refractivity contribution in [2.45, 2.75) is 32.2 Å². The third kappa shape index (κ3) is 2.57. The molecule has 1 saturated carbocycles. The number of hydrogen-bond donors (Lipinski definition) is 1. The first kappa shape index (κ1) is 11.9. The van der Waals surface area contributed by atoms with Crippen molar-refractivity contribution in [3.8, 4) is 0 Å². The normalized spacial score (nSPS) is 14.7. The Bertz CT molecular complexity index is 429. The lowest BCUT2D eigenvalue weighted by atomic mass is 10.1. The predicted octanol–water partition coefficient (Wildman–Crippen LogP) is 2.42. The molecule has 17 heavy (non-hydrogen) atoms. The molecule has 0 bridgehead atoms. The molecule has 0 atom stereocenters. The van der Waals surface area contributed by atoms with Crippen LogP contribution in [-0.2, 0) is 0 Å². The first-order valence-corrected chi connectivity index (χ1v) is 5.99. The summed E-state index contributed by atoms with van der Waals surface area (Å²) in [6, 6.07) is 4.43. The fraction of sp³-hybridized carbons (Fsp3) is 0.462. The topological polar surface area (TPSA) is 46.3 Å². The number of carbonyl (C=O) groups is 1. The van der Waals surface area contributed by atoms with Crippen LogP contribution in [0.1, 0.15) is 36.5 Å². The Labute approximate surface area is 100 Å². The quantitative estimate of drug-likeness (QED) is 0.816. The molecule has 0 aromatic heterocycles. The van der Waals surface area contributed by atoms with Crippen molar-refractivity contribution in [3.05, 3.63) is 29.6 Å². The summed E-state index contributed by atoms with van der Waals surface area (Å²) in [6.07, 6.45) is 2.93. The average molecular weight is 236 g/mol. The Morgan fingerprint density at radius 3 is 2.82 bits per heavy atom. The lowest BCUT2D eigenvalue weighted by Crippen LogP contribution is -2.34. The molecule has 1 aromatic rings. The Morgan fingerprint density at radius 2 is 2.24 bits per heavy atom. The van der Waals surface area contributed by atoms with E-state index in [-0.39, 0.29) is 11.5 Å². The highest BCUT2D eigenvalue weighted by Gasteiger charge is 2.33. The van der Waals surface area contributed by atoms with Crippen LogP contribution in [0, 0.1) is 5.82 Å². The van der Waals surface area contributed by atoms with Gasteiger partial charge in [-0.2, -0.15) is 0 Å². The maximum atomic E-state index is 13.6. The van der Waals surface area contributed by atoms with Crippen molar-refractivity contribution in [3.63, 3.8) is 0 Å². The van der Waals surface area contributed by atoms with Crippen LogP contribution in [0.3, 0.4) is 0 Å². The van der Waals surface area contributed by atoms with Crippen LogP contribution in [0.5, 0.6) is 0 Å². The number of nitrogens with two attached hydrogens (primary N) is 1. The predicted molar refractivity (Wildman–Crippen MR) is 65.2 cm³/mol. The molecule has 1 aromatic carbocycles. The molecule has 0 heterocycles. The minimum Gasteiger partial charge on any atom is -0.399 e. The second-order valence-corrected chi connectivity index (χ2v) is 4.47. The van der Waals surface area contributed by atoms with Crippen molar-refractivity contribution >= 4 is 11.6 Å². The van der Waals surface area contributed by atoms with E-state index in [4.69, 9.17) is 5.73 Å². The zero-order valence-electron chi connectivity index (χ0n) is 9.95. The molecule has 1 aliphatic carbocycles. The SMILES string of the molecule is CCCN(C(=O)c1cc(N)ccc1F)C1CC1. The summed E-state index contributed by atoms with van der Waals surface area (Å²) in [6.45, 7) is 2.69. The largest absolute Gasteiger partial charge is 0.399 e. The minimum absolute atomic E-state index is 0.0883. The van der Waals surface area contributed by atoms with Gasteiger partial charge in [-0.3, -0.25) is 4.79 Å². The lowest BCUT2D eigenvalue weighted by molar-refractivity contribution is 0.0738. The molecule has 2 N–H and O–H groups in total. The molecule has 1 fully saturated rings. The number of carbonyl (C=O) groups excluding carboxylic acids is 1. The maximum Gasteiger partial charge on any atom is 0.257 e. The van der Waals surface area contributed by atoms with Gasteiger partial charge in [0.25, 0.3) is 5.91 Å². The molecule has 2 rings (SSSR count). The van der Waals surface area contributed by atoms with Gasteiger partial charge in [0.1, 0.15) is 5.82 Å². The molecular formula is C13H17FN2O. The molecule has 0 radical (unpaired) electrons. The van der Waals surface area contributed by atoms with Gasteiger partial charge in [-0.15, -0.1) is 0 Å². The molecule has 0 aliphatic heterocycles. The molecule has 1 amide bonds. The van der Waals surface area contributed by atoms with E-state index in [9.17, 15) is 9.18 Å². The van der Waals surface area contributed by atoms with Gasteiger partial charge in [0, 0.05) is 18.3 Å². The molecule has 3 nitrogen and oxygen atoms in total. The summed E-state index contributed by atoms with van der Waals surface area (Å²) in [5.74, 6) is -0.731. The van der Waals surface area contributed by atoms with E-state index < -0.39 is 5.82 Å². The fourth-order valence-corrected chi connectivity index (χ4v) is 1.94. The van der Waals surface area contributed by atoms with Crippen molar-refractivity contribution < 1.29 is 9.18 Å². The number of amides is 1. The standard InChI is InChI=1S/C13H17FN2O/c1-2-7-16(10-4-5-10)13(17)11-8-9(15)3-6-12(11)14/h3,6,8,10H,2,4-5,7,15H2,1H3. The van der Waals surface area contributed by atoms with Crippen molar-refractivity contribution in [2.75, 3.05) is 12.3 Å². The second kappa shape index (κ2) is 4.73. The van der Waals surface area contributed by atoms with Crippen molar-refractivity contribution in [2.24, 2.45) is 0 Å². The molecule has 4 heteroatoms. The highest BCUT2D eigenvalue weighted by molar-refractivity contribution is 5.95.